The highest BCUT2D eigenvalue weighted by atomic mass is 16.5. The Morgan fingerprint density at radius 3 is 2.54 bits per heavy atom. The number of rotatable bonds is 6. The minimum atomic E-state index is 0.00466. The van der Waals surface area contributed by atoms with Gasteiger partial charge >= 0.3 is 6.03 Å². The summed E-state index contributed by atoms with van der Waals surface area (Å²) in [4.78, 5) is 16.4. The fourth-order valence-corrected chi connectivity index (χ4v) is 3.02. The van der Waals surface area contributed by atoms with E-state index in [4.69, 9.17) is 9.47 Å². The van der Waals surface area contributed by atoms with Crippen molar-refractivity contribution in [2.24, 2.45) is 0 Å². The Labute approximate surface area is 144 Å². The number of nitrogens with zero attached hydrogens (tertiary/aromatic N) is 2. The second-order valence-corrected chi connectivity index (χ2v) is 6.32. The lowest BCUT2D eigenvalue weighted by Crippen LogP contribution is -2.48. The Hall–Kier alpha value is -1.95. The van der Waals surface area contributed by atoms with Gasteiger partial charge in [-0.15, -0.1) is 0 Å². The van der Waals surface area contributed by atoms with Gasteiger partial charge in [0.25, 0.3) is 0 Å². The fourth-order valence-electron chi connectivity index (χ4n) is 3.02. The molecule has 134 valence electrons. The zero-order valence-electron chi connectivity index (χ0n) is 15.2. The molecule has 0 aromatic heterocycles. The van der Waals surface area contributed by atoms with Crippen LogP contribution in [0.2, 0.25) is 0 Å². The molecule has 0 aliphatic carbocycles. The summed E-state index contributed by atoms with van der Waals surface area (Å²) >= 11 is 0. The van der Waals surface area contributed by atoms with Gasteiger partial charge in [-0.05, 0) is 57.1 Å². The van der Waals surface area contributed by atoms with Crippen LogP contribution in [0.5, 0.6) is 11.5 Å². The molecule has 2 amide bonds. The van der Waals surface area contributed by atoms with E-state index in [0.717, 1.165) is 37.9 Å². The molecule has 1 N–H and O–H groups in total. The number of benzene rings is 1. The quantitative estimate of drug-likeness (QED) is 0.864. The van der Waals surface area contributed by atoms with Crippen molar-refractivity contribution in [3.63, 3.8) is 0 Å². The van der Waals surface area contributed by atoms with E-state index in [1.807, 2.05) is 30.1 Å². The van der Waals surface area contributed by atoms with Gasteiger partial charge in [-0.25, -0.2) is 4.79 Å². The first-order valence-corrected chi connectivity index (χ1v) is 8.45. The summed E-state index contributed by atoms with van der Waals surface area (Å²) in [6, 6.07) is 6.17. The molecule has 1 aliphatic rings. The Kier molecular flexibility index (Phi) is 6.73. The Balaban J connectivity index is 1.80. The molecule has 0 unspecified atom stereocenters. The second kappa shape index (κ2) is 8.78. The summed E-state index contributed by atoms with van der Waals surface area (Å²) in [5.74, 6) is 1.43. The lowest BCUT2D eigenvalue weighted by Gasteiger charge is -2.35. The van der Waals surface area contributed by atoms with Gasteiger partial charge in [0.1, 0.15) is 0 Å². The zero-order valence-corrected chi connectivity index (χ0v) is 15.2. The van der Waals surface area contributed by atoms with E-state index in [1.165, 1.54) is 0 Å². The number of piperidine rings is 1. The fraction of sp³-hybridized carbons (Fsp3) is 0.611. The van der Waals surface area contributed by atoms with Crippen LogP contribution in [0.3, 0.4) is 0 Å². The highest BCUT2D eigenvalue weighted by Gasteiger charge is 2.23. The van der Waals surface area contributed by atoms with Crippen molar-refractivity contribution in [1.82, 2.24) is 15.1 Å². The average Bonchev–Trinajstić information content (AvgIpc) is 2.61. The molecular formula is C18H29N3O3. The summed E-state index contributed by atoms with van der Waals surface area (Å²) in [6.45, 7) is 2.70. The summed E-state index contributed by atoms with van der Waals surface area (Å²) in [5.41, 5.74) is 1.11. The molecule has 0 spiro atoms. The molecule has 6 heteroatoms. The summed E-state index contributed by atoms with van der Waals surface area (Å²) in [6.07, 6.45) is 2.83. The Bertz CT molecular complexity index is 542. The third-order valence-corrected chi connectivity index (χ3v) is 4.69. The van der Waals surface area contributed by atoms with Crippen LogP contribution in [0.25, 0.3) is 0 Å². The molecule has 6 nitrogen and oxygen atoms in total. The lowest BCUT2D eigenvalue weighted by molar-refractivity contribution is 0.148. The van der Waals surface area contributed by atoms with Crippen molar-refractivity contribution in [3.8, 4) is 11.5 Å². The maximum absolute atomic E-state index is 12.3. The molecular weight excluding hydrogens is 306 g/mol. The molecule has 1 saturated heterocycles. The number of amides is 2. The van der Waals surface area contributed by atoms with E-state index in [2.05, 4.69) is 17.3 Å². The predicted molar refractivity (Wildman–Crippen MR) is 94.9 cm³/mol. The first-order valence-electron chi connectivity index (χ1n) is 8.45. The maximum Gasteiger partial charge on any atom is 0.317 e. The Morgan fingerprint density at radius 1 is 1.25 bits per heavy atom. The number of ether oxygens (including phenoxy) is 2. The van der Waals surface area contributed by atoms with Crippen molar-refractivity contribution in [3.05, 3.63) is 23.8 Å². The third-order valence-electron chi connectivity index (χ3n) is 4.69. The summed E-state index contributed by atoms with van der Waals surface area (Å²) < 4.78 is 10.5. The van der Waals surface area contributed by atoms with Crippen molar-refractivity contribution in [2.75, 3.05) is 47.9 Å². The van der Waals surface area contributed by atoms with Crippen LogP contribution in [-0.4, -0.2) is 69.8 Å². The average molecular weight is 335 g/mol. The first kappa shape index (κ1) is 18.4. The zero-order chi connectivity index (χ0) is 17.5. The molecule has 1 aromatic rings. The number of methoxy groups -OCH3 is 2. The van der Waals surface area contributed by atoms with E-state index >= 15 is 0 Å². The molecule has 1 aromatic carbocycles. The van der Waals surface area contributed by atoms with Crippen LogP contribution in [-0.2, 0) is 6.42 Å². The number of nitrogens with one attached hydrogen (secondary N) is 1. The van der Waals surface area contributed by atoms with Crippen LogP contribution < -0.4 is 14.8 Å². The smallest absolute Gasteiger partial charge is 0.317 e. The number of hydrogen-bond acceptors (Lipinski definition) is 4. The molecule has 1 aliphatic heterocycles. The minimum absolute atomic E-state index is 0.00466. The molecule has 0 atom stereocenters. The standard InChI is InChI=1S/C18H29N3O3/c1-20-11-8-15(9-12-20)21(2)18(22)19-10-7-14-5-6-16(23-3)17(13-14)24-4/h5-6,13,15H,7-12H2,1-4H3,(H,19,22). The highest BCUT2D eigenvalue weighted by Crippen LogP contribution is 2.27. The SMILES string of the molecule is COc1ccc(CCNC(=O)N(C)C2CCN(C)CC2)cc1OC. The van der Waals surface area contributed by atoms with Crippen molar-refractivity contribution in [1.29, 1.82) is 0 Å². The normalized spacial score (nSPS) is 15.8. The third kappa shape index (κ3) is 4.77. The van der Waals surface area contributed by atoms with E-state index in [1.54, 1.807) is 14.2 Å². The first-order chi connectivity index (χ1) is 11.5. The molecule has 2 rings (SSSR count). The van der Waals surface area contributed by atoms with Crippen LogP contribution >= 0.6 is 0 Å². The van der Waals surface area contributed by atoms with Gasteiger partial charge in [0.15, 0.2) is 11.5 Å². The van der Waals surface area contributed by atoms with Crippen LogP contribution in [0.15, 0.2) is 18.2 Å². The van der Waals surface area contributed by atoms with E-state index < -0.39 is 0 Å². The van der Waals surface area contributed by atoms with Crippen LogP contribution in [0.4, 0.5) is 4.79 Å². The van der Waals surface area contributed by atoms with E-state index in [-0.39, 0.29) is 6.03 Å². The maximum atomic E-state index is 12.3. The minimum Gasteiger partial charge on any atom is -0.493 e. The lowest BCUT2D eigenvalue weighted by atomic mass is 10.0. The van der Waals surface area contributed by atoms with E-state index in [9.17, 15) is 4.79 Å². The van der Waals surface area contributed by atoms with Gasteiger partial charge < -0.3 is 24.6 Å². The molecule has 1 heterocycles. The molecule has 0 bridgehead atoms. The number of likely N-dealkylation sites (tertiary alicyclic amines) is 1. The van der Waals surface area contributed by atoms with Gasteiger partial charge in [0.05, 0.1) is 14.2 Å². The highest BCUT2D eigenvalue weighted by molar-refractivity contribution is 5.74. The van der Waals surface area contributed by atoms with Gasteiger partial charge in [0, 0.05) is 19.6 Å². The second-order valence-electron chi connectivity index (χ2n) is 6.32. The molecule has 0 radical (unpaired) electrons. The van der Waals surface area contributed by atoms with Gasteiger partial charge in [0.2, 0.25) is 0 Å². The van der Waals surface area contributed by atoms with Crippen LogP contribution in [0, 0.1) is 0 Å². The van der Waals surface area contributed by atoms with E-state index in [0.29, 0.717) is 24.1 Å². The number of carbonyl (C=O) groups excluding carboxylic acids is 1. The molecule has 0 saturated carbocycles. The van der Waals surface area contributed by atoms with Gasteiger partial charge in [-0.2, -0.15) is 0 Å². The predicted octanol–water partition coefficient (Wildman–Crippen LogP) is 1.98. The van der Waals surface area contributed by atoms with Crippen molar-refractivity contribution >= 4 is 6.03 Å². The number of carbonyl (C=O) groups is 1. The van der Waals surface area contributed by atoms with Crippen molar-refractivity contribution in [2.45, 2.75) is 25.3 Å². The monoisotopic (exact) mass is 335 g/mol. The van der Waals surface area contributed by atoms with Gasteiger partial charge in [-0.1, -0.05) is 6.07 Å². The topological polar surface area (TPSA) is 54.0 Å². The van der Waals surface area contributed by atoms with Crippen LogP contribution in [0.1, 0.15) is 18.4 Å². The largest absolute Gasteiger partial charge is 0.493 e. The Morgan fingerprint density at radius 2 is 1.92 bits per heavy atom. The van der Waals surface area contributed by atoms with Crippen molar-refractivity contribution < 1.29 is 14.3 Å². The van der Waals surface area contributed by atoms with Gasteiger partial charge in [-0.3, -0.25) is 0 Å². The number of hydrogen-bond donors (Lipinski definition) is 1. The summed E-state index contributed by atoms with van der Waals surface area (Å²) in [7, 11) is 7.26. The number of urea groups is 1. The summed E-state index contributed by atoms with van der Waals surface area (Å²) in [5, 5.41) is 3.01. The molecule has 1 fully saturated rings. The molecule has 24 heavy (non-hydrogen) atoms.